The predicted molar refractivity (Wildman–Crippen MR) is 86.9 cm³/mol. The van der Waals surface area contributed by atoms with E-state index in [1.807, 2.05) is 0 Å². The number of rotatable bonds is 5. The Morgan fingerprint density at radius 3 is 2.76 bits per heavy atom. The van der Waals surface area contributed by atoms with Crippen LogP contribution in [0, 0.1) is 23.0 Å². The van der Waals surface area contributed by atoms with Crippen molar-refractivity contribution in [2.24, 2.45) is 5.92 Å². The van der Waals surface area contributed by atoms with Crippen LogP contribution in [0.5, 0.6) is 0 Å². The summed E-state index contributed by atoms with van der Waals surface area (Å²) in [7, 11) is 0. The highest BCUT2D eigenvalue weighted by molar-refractivity contribution is 5.84. The van der Waals surface area contributed by atoms with E-state index in [9.17, 15) is 24.8 Å². The number of nitrogens with zero attached hydrogens (tertiary/aromatic N) is 4. The Morgan fingerprint density at radius 2 is 2.12 bits per heavy atom. The highest BCUT2D eigenvalue weighted by atomic mass is 16.6. The lowest BCUT2D eigenvalue weighted by Gasteiger charge is -2.33. The highest BCUT2D eigenvalue weighted by Crippen LogP contribution is 2.40. The summed E-state index contributed by atoms with van der Waals surface area (Å²) < 4.78 is 1.57. The topological polar surface area (TPSA) is 119 Å². The van der Waals surface area contributed by atoms with Crippen LogP contribution in [0.15, 0.2) is 6.20 Å². The fourth-order valence-corrected chi connectivity index (χ4v) is 4.19. The Morgan fingerprint density at radius 1 is 1.40 bits per heavy atom. The molecule has 1 aliphatic carbocycles. The summed E-state index contributed by atoms with van der Waals surface area (Å²) in [5, 5.41) is 20.3. The normalized spacial score (nSPS) is 25.6. The third-order valence-corrected chi connectivity index (χ3v) is 5.38. The number of carbonyl (C=O) groups is 2. The zero-order valence-corrected chi connectivity index (χ0v) is 14.1. The van der Waals surface area contributed by atoms with E-state index in [1.54, 1.807) is 16.4 Å². The van der Waals surface area contributed by atoms with Gasteiger partial charge in [0.2, 0.25) is 11.7 Å². The van der Waals surface area contributed by atoms with Crippen LogP contribution < -0.4 is 0 Å². The lowest BCUT2D eigenvalue weighted by atomic mass is 9.84. The summed E-state index contributed by atoms with van der Waals surface area (Å²) in [5.74, 6) is -0.655. The Kier molecular flexibility index (Phi) is 4.73. The molecule has 0 bridgehead atoms. The van der Waals surface area contributed by atoms with Crippen molar-refractivity contribution >= 4 is 17.7 Å². The molecule has 0 aromatic carbocycles. The molecule has 1 aromatic heterocycles. The summed E-state index contributed by atoms with van der Waals surface area (Å²) in [4.78, 5) is 39.9. The van der Waals surface area contributed by atoms with Crippen molar-refractivity contribution in [3.63, 3.8) is 0 Å². The van der Waals surface area contributed by atoms with E-state index in [0.717, 1.165) is 25.7 Å². The molecule has 2 aliphatic rings. The van der Waals surface area contributed by atoms with Crippen molar-refractivity contribution in [3.05, 3.63) is 22.1 Å². The fraction of sp³-hybridized carbons (Fsp3) is 0.688. The zero-order valence-electron chi connectivity index (χ0n) is 14.1. The van der Waals surface area contributed by atoms with Crippen molar-refractivity contribution in [1.82, 2.24) is 14.5 Å². The van der Waals surface area contributed by atoms with Gasteiger partial charge in [0.05, 0.1) is 0 Å². The molecule has 0 spiro atoms. The number of carboxylic acids is 1. The molecule has 1 saturated carbocycles. The van der Waals surface area contributed by atoms with Crippen LogP contribution in [0.1, 0.15) is 44.3 Å². The van der Waals surface area contributed by atoms with E-state index in [0.29, 0.717) is 12.2 Å². The average Bonchev–Trinajstić information content (AvgIpc) is 3.13. The van der Waals surface area contributed by atoms with Crippen molar-refractivity contribution in [3.8, 4) is 0 Å². The summed E-state index contributed by atoms with van der Waals surface area (Å²) in [6.45, 7) is 1.90. The van der Waals surface area contributed by atoms with Crippen molar-refractivity contribution in [2.45, 2.75) is 64.1 Å². The minimum absolute atomic E-state index is 0.0144. The second-order valence-corrected chi connectivity index (χ2v) is 6.85. The Balaban J connectivity index is 1.70. The summed E-state index contributed by atoms with van der Waals surface area (Å²) in [6.07, 6.45) is 5.89. The molecule has 1 saturated heterocycles. The first-order chi connectivity index (χ1) is 11.9. The third-order valence-electron chi connectivity index (χ3n) is 5.38. The standard InChI is InChI=1S/C16H22N4O5/c1-10-17-14(20(24)25)9-18(10)7-6-15(21)19-12-5-3-2-4-11(12)8-13(19)16(22)23/h9,11-13H,2-8H2,1H3,(H,22,23). The minimum Gasteiger partial charge on any atom is -0.480 e. The van der Waals surface area contributed by atoms with E-state index >= 15 is 0 Å². The molecule has 25 heavy (non-hydrogen) atoms. The van der Waals surface area contributed by atoms with Crippen LogP contribution >= 0.6 is 0 Å². The summed E-state index contributed by atoms with van der Waals surface area (Å²) in [6, 6.07) is -0.737. The van der Waals surface area contributed by atoms with Crippen LogP contribution in [0.3, 0.4) is 0 Å². The molecule has 9 nitrogen and oxygen atoms in total. The summed E-state index contributed by atoms with van der Waals surface area (Å²) >= 11 is 0. The number of hydrogen-bond acceptors (Lipinski definition) is 5. The first kappa shape index (κ1) is 17.4. The molecule has 1 aromatic rings. The van der Waals surface area contributed by atoms with Crippen LogP contribution in [-0.4, -0.2) is 48.4 Å². The molecular formula is C16H22N4O5. The van der Waals surface area contributed by atoms with Crippen LogP contribution in [0.25, 0.3) is 0 Å². The smallest absolute Gasteiger partial charge is 0.381 e. The number of amides is 1. The average molecular weight is 350 g/mol. The van der Waals surface area contributed by atoms with E-state index in [2.05, 4.69) is 4.98 Å². The monoisotopic (exact) mass is 350 g/mol. The molecule has 3 atom stereocenters. The molecule has 3 rings (SSSR count). The number of likely N-dealkylation sites (tertiary alicyclic amines) is 1. The van der Waals surface area contributed by atoms with Gasteiger partial charge in [-0.1, -0.05) is 12.8 Å². The second kappa shape index (κ2) is 6.81. The predicted octanol–water partition coefficient (Wildman–Crippen LogP) is 1.73. The molecule has 2 heterocycles. The van der Waals surface area contributed by atoms with Gasteiger partial charge in [0.25, 0.3) is 0 Å². The molecule has 1 amide bonds. The van der Waals surface area contributed by atoms with Gasteiger partial charge in [0, 0.05) is 25.9 Å². The number of carbonyl (C=O) groups excluding carboxylic acids is 1. The zero-order chi connectivity index (χ0) is 18.1. The number of hydrogen-bond donors (Lipinski definition) is 1. The van der Waals surface area contributed by atoms with Crippen molar-refractivity contribution in [1.29, 1.82) is 0 Å². The van der Waals surface area contributed by atoms with Gasteiger partial charge in [-0.25, -0.2) is 4.79 Å². The molecule has 1 aliphatic heterocycles. The first-order valence-electron chi connectivity index (χ1n) is 8.60. The molecule has 2 fully saturated rings. The first-order valence-corrected chi connectivity index (χ1v) is 8.60. The van der Waals surface area contributed by atoms with Gasteiger partial charge in [-0.2, -0.15) is 0 Å². The van der Waals surface area contributed by atoms with Gasteiger partial charge in [-0.3, -0.25) is 4.79 Å². The van der Waals surface area contributed by atoms with Gasteiger partial charge in [0.15, 0.2) is 0 Å². The number of carboxylic acid groups (broad SMARTS) is 1. The molecule has 1 N–H and O–H groups in total. The van der Waals surface area contributed by atoms with Gasteiger partial charge in [-0.05, 0) is 35.1 Å². The lowest BCUT2D eigenvalue weighted by Crippen LogP contribution is -2.46. The molecular weight excluding hydrogens is 328 g/mol. The van der Waals surface area contributed by atoms with E-state index < -0.39 is 16.9 Å². The Bertz CT molecular complexity index is 701. The van der Waals surface area contributed by atoms with Crippen molar-refractivity contribution < 1.29 is 19.6 Å². The number of aromatic nitrogens is 2. The maximum Gasteiger partial charge on any atom is 0.381 e. The SMILES string of the molecule is Cc1nc([N+](=O)[O-])cn1CCC(=O)N1C(C(=O)O)CC2CCCCC21. The third kappa shape index (κ3) is 3.35. The van der Waals surface area contributed by atoms with Gasteiger partial charge < -0.3 is 24.7 Å². The van der Waals surface area contributed by atoms with E-state index in [1.165, 1.54) is 6.20 Å². The van der Waals surface area contributed by atoms with Crippen LogP contribution in [0.4, 0.5) is 5.82 Å². The van der Waals surface area contributed by atoms with Crippen LogP contribution in [0.2, 0.25) is 0 Å². The quantitative estimate of drug-likeness (QED) is 0.638. The second-order valence-electron chi connectivity index (χ2n) is 6.85. The van der Waals surface area contributed by atoms with E-state index in [4.69, 9.17) is 0 Å². The maximum absolute atomic E-state index is 12.7. The fourth-order valence-electron chi connectivity index (χ4n) is 4.19. The largest absolute Gasteiger partial charge is 0.480 e. The molecule has 0 radical (unpaired) electrons. The molecule has 9 heteroatoms. The Labute approximate surface area is 144 Å². The Hall–Kier alpha value is -2.45. The number of nitro groups is 1. The number of fused-ring (bicyclic) bond motifs is 1. The van der Waals surface area contributed by atoms with Crippen molar-refractivity contribution in [2.75, 3.05) is 0 Å². The highest BCUT2D eigenvalue weighted by Gasteiger charge is 2.47. The van der Waals surface area contributed by atoms with Gasteiger partial charge in [-0.15, -0.1) is 0 Å². The number of aryl methyl sites for hydroxylation is 2. The van der Waals surface area contributed by atoms with Gasteiger partial charge in [0.1, 0.15) is 12.2 Å². The minimum atomic E-state index is -0.947. The molecule has 136 valence electrons. The lowest BCUT2D eigenvalue weighted by molar-refractivity contribution is -0.389. The number of aliphatic carboxylic acids is 1. The summed E-state index contributed by atoms with van der Waals surface area (Å²) in [5.41, 5.74) is 0. The number of imidazole rings is 1. The van der Waals surface area contributed by atoms with Gasteiger partial charge >= 0.3 is 11.8 Å². The van der Waals surface area contributed by atoms with E-state index in [-0.39, 0.29) is 36.7 Å². The maximum atomic E-state index is 12.7. The molecule has 3 unspecified atom stereocenters. The van der Waals surface area contributed by atoms with Crippen LogP contribution in [-0.2, 0) is 16.1 Å².